The second kappa shape index (κ2) is 6.05. The lowest BCUT2D eigenvalue weighted by Gasteiger charge is -2.02. The fourth-order valence-electron chi connectivity index (χ4n) is 2.05. The number of rotatable bonds is 4. The van der Waals surface area contributed by atoms with E-state index in [9.17, 15) is 9.18 Å². The number of ketones is 1. The number of hydrogen-bond acceptors (Lipinski definition) is 6. The summed E-state index contributed by atoms with van der Waals surface area (Å²) in [4.78, 5) is 16.8. The van der Waals surface area contributed by atoms with E-state index in [2.05, 4.69) is 10.3 Å². The van der Waals surface area contributed by atoms with Gasteiger partial charge in [0.05, 0.1) is 0 Å². The molecule has 0 saturated heterocycles. The molecule has 7 heteroatoms. The Kier molecular flexibility index (Phi) is 3.94. The van der Waals surface area contributed by atoms with Gasteiger partial charge in [-0.15, -0.1) is 0 Å². The number of hydrogen-bond donors (Lipinski definition) is 3. The Hall–Kier alpha value is -2.93. The quantitative estimate of drug-likeness (QED) is 0.504. The molecule has 0 aliphatic rings. The van der Waals surface area contributed by atoms with Crippen LogP contribution in [0.4, 0.5) is 26.7 Å². The highest BCUT2D eigenvalue weighted by Crippen LogP contribution is 2.30. The Morgan fingerprint density at radius 3 is 2.65 bits per heavy atom. The van der Waals surface area contributed by atoms with Gasteiger partial charge >= 0.3 is 0 Å². The maximum atomic E-state index is 13.3. The second-order valence-electron chi connectivity index (χ2n) is 4.82. The topological polar surface area (TPSA) is 94.0 Å². The van der Waals surface area contributed by atoms with E-state index in [4.69, 9.17) is 11.5 Å². The number of aromatic nitrogens is 1. The van der Waals surface area contributed by atoms with Crippen molar-refractivity contribution in [1.29, 1.82) is 0 Å². The van der Waals surface area contributed by atoms with E-state index in [1.165, 1.54) is 24.3 Å². The summed E-state index contributed by atoms with van der Waals surface area (Å²) in [6.07, 6.45) is 0. The number of nitrogens with two attached hydrogens (primary N) is 2. The summed E-state index contributed by atoms with van der Waals surface area (Å²) in [5, 5.41) is 3.51. The van der Waals surface area contributed by atoms with Gasteiger partial charge in [0, 0.05) is 16.9 Å². The standard InChI is InChI=1S/C16H13FN4OS/c17-10-4-1-3-9(7-10)13(22)14-15(19)21-16(23-14)20-12-6-2-5-11(18)8-12/h1-8H,18-19H2,(H,20,21). The number of carbonyl (C=O) groups excluding carboxylic acids is 1. The molecule has 0 radical (unpaired) electrons. The van der Waals surface area contributed by atoms with Crippen molar-refractivity contribution in [3.63, 3.8) is 0 Å². The van der Waals surface area contributed by atoms with Crippen LogP contribution in [0.5, 0.6) is 0 Å². The fourth-order valence-corrected chi connectivity index (χ4v) is 2.92. The molecule has 0 unspecified atom stereocenters. The average Bonchev–Trinajstić information content (AvgIpc) is 2.87. The van der Waals surface area contributed by atoms with Crippen molar-refractivity contribution in [1.82, 2.24) is 4.98 Å². The molecule has 1 heterocycles. The van der Waals surface area contributed by atoms with Gasteiger partial charge in [-0.1, -0.05) is 29.5 Å². The van der Waals surface area contributed by atoms with Crippen molar-refractivity contribution in [3.8, 4) is 0 Å². The van der Waals surface area contributed by atoms with Gasteiger partial charge in [-0.3, -0.25) is 4.79 Å². The molecule has 116 valence electrons. The van der Waals surface area contributed by atoms with Crippen LogP contribution < -0.4 is 16.8 Å². The third-order valence-corrected chi connectivity index (χ3v) is 4.07. The van der Waals surface area contributed by atoms with Gasteiger partial charge < -0.3 is 16.8 Å². The van der Waals surface area contributed by atoms with Gasteiger partial charge in [0.25, 0.3) is 0 Å². The first-order chi connectivity index (χ1) is 11.0. The molecule has 2 aromatic carbocycles. The molecule has 0 saturated carbocycles. The summed E-state index contributed by atoms with van der Waals surface area (Å²) >= 11 is 1.11. The van der Waals surface area contributed by atoms with Gasteiger partial charge in [0.1, 0.15) is 16.5 Å². The van der Waals surface area contributed by atoms with Crippen LogP contribution in [-0.2, 0) is 0 Å². The minimum atomic E-state index is -0.475. The predicted molar refractivity (Wildman–Crippen MR) is 90.5 cm³/mol. The summed E-state index contributed by atoms with van der Waals surface area (Å²) < 4.78 is 13.3. The van der Waals surface area contributed by atoms with Crippen LogP contribution in [0.25, 0.3) is 0 Å². The van der Waals surface area contributed by atoms with Crippen molar-refractivity contribution >= 4 is 39.4 Å². The van der Waals surface area contributed by atoms with Crippen LogP contribution in [-0.4, -0.2) is 10.8 Å². The minimum absolute atomic E-state index is 0.107. The molecule has 0 aliphatic heterocycles. The molecule has 0 atom stereocenters. The number of nitrogens with one attached hydrogen (secondary N) is 1. The summed E-state index contributed by atoms with van der Waals surface area (Å²) in [5.41, 5.74) is 13.1. The van der Waals surface area contributed by atoms with Crippen LogP contribution in [0.3, 0.4) is 0 Å². The third-order valence-electron chi connectivity index (χ3n) is 3.08. The molecule has 0 bridgehead atoms. The first-order valence-electron chi connectivity index (χ1n) is 6.72. The van der Waals surface area contributed by atoms with Gasteiger partial charge in [0.15, 0.2) is 5.13 Å². The maximum Gasteiger partial charge on any atom is 0.206 e. The monoisotopic (exact) mass is 328 g/mol. The lowest BCUT2D eigenvalue weighted by molar-refractivity contribution is 0.104. The van der Waals surface area contributed by atoms with Crippen LogP contribution in [0.2, 0.25) is 0 Å². The molecule has 0 fully saturated rings. The van der Waals surface area contributed by atoms with E-state index in [-0.39, 0.29) is 22.0 Å². The summed E-state index contributed by atoms with van der Waals surface area (Å²) in [7, 11) is 0. The molecule has 3 aromatic rings. The zero-order valence-electron chi connectivity index (χ0n) is 11.9. The largest absolute Gasteiger partial charge is 0.399 e. The molecule has 5 nitrogen and oxygen atoms in total. The van der Waals surface area contributed by atoms with Crippen molar-refractivity contribution in [2.24, 2.45) is 0 Å². The van der Waals surface area contributed by atoms with E-state index in [1.54, 1.807) is 18.2 Å². The zero-order chi connectivity index (χ0) is 16.4. The Bertz CT molecular complexity index is 878. The fraction of sp³-hybridized carbons (Fsp3) is 0. The van der Waals surface area contributed by atoms with E-state index in [0.717, 1.165) is 17.0 Å². The lowest BCUT2D eigenvalue weighted by Crippen LogP contribution is -2.02. The number of benzene rings is 2. The lowest BCUT2D eigenvalue weighted by atomic mass is 10.1. The van der Waals surface area contributed by atoms with Crippen LogP contribution in [0.15, 0.2) is 48.5 Å². The third kappa shape index (κ3) is 3.29. The highest BCUT2D eigenvalue weighted by molar-refractivity contribution is 7.18. The Labute approximate surface area is 135 Å². The highest BCUT2D eigenvalue weighted by atomic mass is 32.1. The molecule has 1 aromatic heterocycles. The molecule has 0 aliphatic carbocycles. The van der Waals surface area contributed by atoms with Crippen LogP contribution in [0, 0.1) is 5.82 Å². The van der Waals surface area contributed by atoms with Gasteiger partial charge in [-0.05, 0) is 30.3 Å². The van der Waals surface area contributed by atoms with Gasteiger partial charge in [-0.25, -0.2) is 9.37 Å². The summed E-state index contributed by atoms with van der Waals surface area (Å²) in [5.74, 6) is -0.729. The van der Waals surface area contributed by atoms with Crippen molar-refractivity contribution in [2.75, 3.05) is 16.8 Å². The summed E-state index contributed by atoms with van der Waals surface area (Å²) in [6.45, 7) is 0. The number of nitrogen functional groups attached to an aromatic ring is 2. The van der Waals surface area contributed by atoms with E-state index >= 15 is 0 Å². The SMILES string of the molecule is Nc1cccc(Nc2nc(N)c(C(=O)c3cccc(F)c3)s2)c1. The smallest absolute Gasteiger partial charge is 0.206 e. The molecule has 3 rings (SSSR count). The highest BCUT2D eigenvalue weighted by Gasteiger charge is 2.18. The van der Waals surface area contributed by atoms with E-state index < -0.39 is 5.82 Å². The molecule has 23 heavy (non-hydrogen) atoms. The summed E-state index contributed by atoms with van der Waals surface area (Å²) in [6, 6.07) is 12.6. The number of thiazole rings is 1. The van der Waals surface area contributed by atoms with Crippen LogP contribution in [0.1, 0.15) is 15.2 Å². The van der Waals surface area contributed by atoms with Crippen molar-refractivity contribution in [2.45, 2.75) is 0 Å². The number of carbonyl (C=O) groups is 1. The van der Waals surface area contributed by atoms with Crippen LogP contribution >= 0.6 is 11.3 Å². The molecular weight excluding hydrogens is 315 g/mol. The number of nitrogens with zero attached hydrogens (tertiary/aromatic N) is 1. The van der Waals surface area contributed by atoms with E-state index in [0.29, 0.717) is 10.8 Å². The van der Waals surface area contributed by atoms with Crippen molar-refractivity contribution < 1.29 is 9.18 Å². The Morgan fingerprint density at radius 1 is 1.13 bits per heavy atom. The number of halogens is 1. The van der Waals surface area contributed by atoms with E-state index in [1.807, 2.05) is 6.07 Å². The average molecular weight is 328 g/mol. The Balaban J connectivity index is 1.87. The number of anilines is 4. The minimum Gasteiger partial charge on any atom is -0.399 e. The molecule has 0 spiro atoms. The van der Waals surface area contributed by atoms with Gasteiger partial charge in [0.2, 0.25) is 5.78 Å². The first kappa shape index (κ1) is 15.0. The van der Waals surface area contributed by atoms with Crippen molar-refractivity contribution in [3.05, 3.63) is 64.8 Å². The maximum absolute atomic E-state index is 13.3. The normalized spacial score (nSPS) is 10.5. The molecule has 5 N–H and O–H groups in total. The predicted octanol–water partition coefficient (Wildman–Crippen LogP) is 3.42. The molecular formula is C16H13FN4OS. The second-order valence-corrected chi connectivity index (χ2v) is 5.82. The van der Waals surface area contributed by atoms with Gasteiger partial charge in [-0.2, -0.15) is 0 Å². The molecule has 0 amide bonds. The first-order valence-corrected chi connectivity index (χ1v) is 7.54. The zero-order valence-corrected chi connectivity index (χ0v) is 12.7. The Morgan fingerprint density at radius 2 is 1.91 bits per heavy atom.